The highest BCUT2D eigenvalue weighted by Crippen LogP contribution is 2.41. The van der Waals surface area contributed by atoms with Crippen LogP contribution in [0.2, 0.25) is 0 Å². The van der Waals surface area contributed by atoms with Gasteiger partial charge in [0.15, 0.2) is 0 Å². The van der Waals surface area contributed by atoms with Gasteiger partial charge in [0.1, 0.15) is 23.2 Å². The maximum absolute atomic E-state index is 15.2. The summed E-state index contributed by atoms with van der Waals surface area (Å²) in [6.07, 6.45) is -20.6. The normalized spacial score (nSPS) is 13.4. The monoisotopic (exact) mass is 797 g/mol. The first kappa shape index (κ1) is 42.5. The fourth-order valence-electron chi connectivity index (χ4n) is 5.59. The number of halogens is 13. The summed E-state index contributed by atoms with van der Waals surface area (Å²) in [6, 6.07) is 8.89. The Labute approximate surface area is 304 Å². The lowest BCUT2D eigenvalue weighted by Crippen LogP contribution is -2.49. The second-order valence-electron chi connectivity index (χ2n) is 12.0. The molecule has 0 radical (unpaired) electrons. The maximum Gasteiger partial charge on any atom is 0.461 e. The molecule has 0 saturated heterocycles. The molecule has 4 rings (SSSR count). The Morgan fingerprint density at radius 1 is 0.709 bits per heavy atom. The van der Waals surface area contributed by atoms with Crippen LogP contribution in [0.3, 0.4) is 0 Å². The van der Waals surface area contributed by atoms with Gasteiger partial charge in [-0.25, -0.2) is 13.2 Å². The third-order valence-electron chi connectivity index (χ3n) is 8.14. The molecular formula is C37H28F13NO4. The Morgan fingerprint density at radius 2 is 1.29 bits per heavy atom. The molecule has 18 heteroatoms. The van der Waals surface area contributed by atoms with E-state index in [9.17, 15) is 62.3 Å². The van der Waals surface area contributed by atoms with E-state index in [1.165, 1.54) is 24.3 Å². The molecule has 0 aliphatic carbocycles. The van der Waals surface area contributed by atoms with Gasteiger partial charge in [-0.2, -0.15) is 43.9 Å². The van der Waals surface area contributed by atoms with Gasteiger partial charge in [-0.15, -0.1) is 0 Å². The summed E-state index contributed by atoms with van der Waals surface area (Å²) in [4.78, 5) is 25.5. The highest BCUT2D eigenvalue weighted by molar-refractivity contribution is 5.95. The first-order valence-electron chi connectivity index (χ1n) is 16.0. The molecule has 1 atom stereocenters. The summed E-state index contributed by atoms with van der Waals surface area (Å²) in [5.74, 6) is -8.52. The largest absolute Gasteiger partial charge is 0.466 e. The number of hydrogen-bond acceptors (Lipinski definition) is 4. The van der Waals surface area contributed by atoms with Crippen LogP contribution in [-0.4, -0.2) is 31.0 Å². The van der Waals surface area contributed by atoms with E-state index in [-0.39, 0.29) is 42.9 Å². The minimum Gasteiger partial charge on any atom is -0.466 e. The fourth-order valence-corrected chi connectivity index (χ4v) is 5.59. The molecule has 0 unspecified atom stereocenters. The Hall–Kier alpha value is -5.29. The second-order valence-corrected chi connectivity index (χ2v) is 12.0. The number of aryl methyl sites for hydroxylation is 1. The molecular weight excluding hydrogens is 769 g/mol. The summed E-state index contributed by atoms with van der Waals surface area (Å²) in [7, 11) is 0. The Balaban J connectivity index is 1.97. The lowest BCUT2D eigenvalue weighted by molar-refractivity contribution is -0.253. The molecule has 0 heterocycles. The van der Waals surface area contributed by atoms with Gasteiger partial charge >= 0.3 is 30.9 Å². The summed E-state index contributed by atoms with van der Waals surface area (Å²) in [6.45, 7) is 1.77. The number of esters is 1. The van der Waals surface area contributed by atoms with Gasteiger partial charge in [0.05, 0.1) is 23.3 Å². The summed E-state index contributed by atoms with van der Waals surface area (Å²) in [5.41, 5.74) is -8.35. The molecule has 4 aromatic rings. The highest BCUT2D eigenvalue weighted by Gasteiger charge is 2.46. The maximum atomic E-state index is 15.2. The van der Waals surface area contributed by atoms with Crippen LogP contribution in [0.15, 0.2) is 78.9 Å². The lowest BCUT2D eigenvalue weighted by Gasteiger charge is -2.37. The first-order chi connectivity index (χ1) is 25.6. The fraction of sp³-hybridized carbons (Fsp3) is 0.297. The van der Waals surface area contributed by atoms with Gasteiger partial charge in [0.2, 0.25) is 0 Å². The van der Waals surface area contributed by atoms with E-state index in [1.54, 1.807) is 6.92 Å². The van der Waals surface area contributed by atoms with Gasteiger partial charge in [-0.05, 0) is 84.5 Å². The van der Waals surface area contributed by atoms with Crippen LogP contribution in [0.25, 0.3) is 0 Å². The van der Waals surface area contributed by atoms with Crippen LogP contribution in [-0.2, 0) is 40.3 Å². The Kier molecular flexibility index (Phi) is 12.8. The van der Waals surface area contributed by atoms with E-state index in [0.717, 1.165) is 0 Å². The molecule has 5 nitrogen and oxygen atoms in total. The lowest BCUT2D eigenvalue weighted by atomic mass is 9.76. The second kappa shape index (κ2) is 16.6. The predicted octanol–water partition coefficient (Wildman–Crippen LogP) is 10.2. The average molecular weight is 798 g/mol. The van der Waals surface area contributed by atoms with E-state index in [4.69, 9.17) is 4.74 Å². The number of alkyl halides is 10. The molecule has 55 heavy (non-hydrogen) atoms. The molecule has 1 N–H and O–H groups in total. The van der Waals surface area contributed by atoms with Crippen LogP contribution >= 0.6 is 0 Å². The van der Waals surface area contributed by atoms with Crippen LogP contribution in [0.1, 0.15) is 63.5 Å². The van der Waals surface area contributed by atoms with Gasteiger partial charge in [0, 0.05) is 24.5 Å². The van der Waals surface area contributed by atoms with Gasteiger partial charge in [-0.1, -0.05) is 30.3 Å². The minimum atomic E-state index is -5.42. The van der Waals surface area contributed by atoms with Crippen molar-refractivity contribution in [1.29, 1.82) is 0 Å². The molecule has 296 valence electrons. The van der Waals surface area contributed by atoms with Crippen molar-refractivity contribution in [2.24, 2.45) is 0 Å². The van der Waals surface area contributed by atoms with Crippen molar-refractivity contribution in [3.05, 3.63) is 135 Å². The Bertz CT molecular complexity index is 2000. The zero-order valence-electron chi connectivity index (χ0n) is 28.2. The van der Waals surface area contributed by atoms with Crippen LogP contribution in [0.5, 0.6) is 5.75 Å². The quantitative estimate of drug-likeness (QED) is 0.102. The summed E-state index contributed by atoms with van der Waals surface area (Å²) >= 11 is 0. The van der Waals surface area contributed by atoms with Crippen molar-refractivity contribution in [1.82, 2.24) is 5.32 Å². The van der Waals surface area contributed by atoms with Crippen molar-refractivity contribution >= 4 is 11.9 Å². The molecule has 0 spiro atoms. The van der Waals surface area contributed by atoms with E-state index in [0.29, 0.717) is 48.7 Å². The number of carbonyl (C=O) groups is 2. The van der Waals surface area contributed by atoms with Crippen molar-refractivity contribution < 1.29 is 76.1 Å². The molecule has 0 aliphatic heterocycles. The topological polar surface area (TPSA) is 64.6 Å². The molecule has 0 aliphatic rings. The number of carbonyl (C=O) groups excluding carboxylic acids is 2. The number of nitrogens with one attached hydrogen (secondary N) is 1. The zero-order chi connectivity index (χ0) is 40.9. The van der Waals surface area contributed by atoms with Crippen molar-refractivity contribution in [3.63, 3.8) is 0 Å². The van der Waals surface area contributed by atoms with E-state index in [2.05, 4.69) is 10.1 Å². The number of rotatable bonds is 14. The van der Waals surface area contributed by atoms with Gasteiger partial charge in [0.25, 0.3) is 5.91 Å². The molecule has 0 bridgehead atoms. The van der Waals surface area contributed by atoms with E-state index < -0.39 is 99.7 Å². The summed E-state index contributed by atoms with van der Waals surface area (Å²) in [5, 5.41) is 2.21. The van der Waals surface area contributed by atoms with Gasteiger partial charge < -0.3 is 14.8 Å². The van der Waals surface area contributed by atoms with Crippen molar-refractivity contribution in [3.8, 4) is 5.75 Å². The smallest absolute Gasteiger partial charge is 0.461 e. The Morgan fingerprint density at radius 3 is 1.87 bits per heavy atom. The third-order valence-corrected chi connectivity index (χ3v) is 8.14. The average Bonchev–Trinajstić information content (AvgIpc) is 3.07. The molecule has 1 amide bonds. The third kappa shape index (κ3) is 10.5. The summed E-state index contributed by atoms with van der Waals surface area (Å²) < 4.78 is 190. The van der Waals surface area contributed by atoms with Gasteiger partial charge in [-0.3, -0.25) is 9.59 Å². The van der Waals surface area contributed by atoms with Crippen molar-refractivity contribution in [2.45, 2.75) is 63.0 Å². The number of ether oxygens (including phenoxy) is 2. The molecule has 0 saturated carbocycles. The van der Waals surface area contributed by atoms with E-state index >= 15 is 4.39 Å². The van der Waals surface area contributed by atoms with Crippen LogP contribution in [0.4, 0.5) is 57.1 Å². The first-order valence-corrected chi connectivity index (χ1v) is 16.0. The highest BCUT2D eigenvalue weighted by atomic mass is 19.4. The SMILES string of the molecule is CCOC(=O)CCCc1ccc(C[C@@](NC(=O)c2ccc(F)c(C(F)(F)F)c2)(c2cc(F)cc(OC(F)(F)C(F)F)c2)c2ccc(F)c(C(F)(F)F)c2)cc1. The van der Waals surface area contributed by atoms with Crippen LogP contribution in [0, 0.1) is 17.5 Å². The van der Waals surface area contributed by atoms with E-state index in [1.807, 2.05) is 0 Å². The standard InChI is InChI=1S/C37H28F13NO4/c1-2-54-31(52)5-3-4-20-6-8-21(9-7-20)19-34(23-11-13-30(40)28(17-23)36(46,47)48,24-15-25(38)18-26(16-24)55-37(49,50)33(41)42)51-32(53)22-10-12-29(39)27(14-22)35(43,44)45/h6-18,33H,2-5,19H2,1H3,(H,51,53)/t34-/m0/s1. The molecule has 4 aromatic carbocycles. The predicted molar refractivity (Wildman–Crippen MR) is 169 cm³/mol. The number of hydrogen-bond donors (Lipinski definition) is 1. The molecule has 0 aromatic heterocycles. The zero-order valence-corrected chi connectivity index (χ0v) is 28.2. The minimum absolute atomic E-state index is 0.0465. The van der Waals surface area contributed by atoms with Crippen LogP contribution < -0.4 is 10.1 Å². The number of amides is 1. The number of benzene rings is 4. The van der Waals surface area contributed by atoms with Crippen molar-refractivity contribution in [2.75, 3.05) is 6.61 Å². The molecule has 0 fully saturated rings.